The summed E-state index contributed by atoms with van der Waals surface area (Å²) in [4.78, 5) is 30.7. The van der Waals surface area contributed by atoms with Gasteiger partial charge in [0.05, 0.1) is 30.2 Å². The highest BCUT2D eigenvalue weighted by molar-refractivity contribution is 5.94. The topological polar surface area (TPSA) is 68.3 Å². The van der Waals surface area contributed by atoms with Crippen molar-refractivity contribution in [2.24, 2.45) is 5.92 Å². The highest BCUT2D eigenvalue weighted by Crippen LogP contribution is 2.67. The summed E-state index contributed by atoms with van der Waals surface area (Å²) in [5, 5.41) is 0. The Morgan fingerprint density at radius 1 is 1.16 bits per heavy atom. The number of carbonyl (C=O) groups excluding carboxylic acids is 2. The summed E-state index contributed by atoms with van der Waals surface area (Å²) in [5.41, 5.74) is 0.140. The molecule has 44 heavy (non-hydrogen) atoms. The minimum absolute atomic E-state index is 0.0623. The fourth-order valence-corrected chi connectivity index (χ4v) is 8.33. The molecule has 0 radical (unpaired) electrons. The van der Waals surface area contributed by atoms with Crippen LogP contribution in [0.2, 0.25) is 0 Å². The average molecular weight is 611 g/mol. The van der Waals surface area contributed by atoms with Crippen LogP contribution in [0.3, 0.4) is 0 Å². The van der Waals surface area contributed by atoms with Crippen LogP contribution >= 0.6 is 0 Å². The van der Waals surface area contributed by atoms with Crippen molar-refractivity contribution in [3.63, 3.8) is 0 Å². The third kappa shape index (κ3) is 4.54. The molecule has 7 nitrogen and oxygen atoms in total. The first-order chi connectivity index (χ1) is 20.8. The molecule has 0 unspecified atom stereocenters. The fraction of sp³-hybridized carbons (Fsp3) is 0.529. The summed E-state index contributed by atoms with van der Waals surface area (Å²) in [6.07, 6.45) is -2.54. The molecule has 1 saturated carbocycles. The second kappa shape index (κ2) is 10.7. The lowest BCUT2D eigenvalue weighted by Gasteiger charge is -2.65. The van der Waals surface area contributed by atoms with E-state index in [2.05, 4.69) is 29.9 Å². The van der Waals surface area contributed by atoms with Gasteiger partial charge in [0.25, 0.3) is 5.91 Å². The van der Waals surface area contributed by atoms with E-state index in [1.54, 1.807) is 12.0 Å². The van der Waals surface area contributed by atoms with Crippen molar-refractivity contribution in [3.05, 3.63) is 58.7 Å². The number of carbonyl (C=O) groups is 2. The van der Waals surface area contributed by atoms with Gasteiger partial charge >= 0.3 is 12.1 Å². The lowest BCUT2D eigenvalue weighted by molar-refractivity contribution is -0.221. The Morgan fingerprint density at radius 3 is 2.52 bits per heavy atom. The number of amides is 1. The summed E-state index contributed by atoms with van der Waals surface area (Å²) >= 11 is 0. The van der Waals surface area contributed by atoms with Crippen LogP contribution in [-0.4, -0.2) is 72.7 Å². The Hall–Kier alpha value is -3.71. The van der Waals surface area contributed by atoms with E-state index in [0.29, 0.717) is 49.3 Å². The second-order valence-corrected chi connectivity index (χ2v) is 12.9. The molecule has 2 aromatic rings. The number of piperidine rings is 1. The second-order valence-electron chi connectivity index (χ2n) is 12.9. The Morgan fingerprint density at radius 2 is 1.89 bits per heavy atom. The Bertz CT molecular complexity index is 1540. The SMILES string of the molecule is COc1ccc2c3c1O[C@H]1[C@@H](N(CC(C)C)C(=O)C#Cc4ccc(C(F)(F)F)cc4)CC[C@@]4(OC(C)=O)[C@@H](C2)N(C)CC[C@]314. The smallest absolute Gasteiger partial charge is 0.416 e. The number of likely N-dealkylation sites (N-methyl/N-ethyl adjacent to an activating group) is 1. The van der Waals surface area contributed by atoms with Crippen molar-refractivity contribution in [2.75, 3.05) is 27.2 Å². The van der Waals surface area contributed by atoms with E-state index in [1.165, 1.54) is 19.1 Å². The van der Waals surface area contributed by atoms with Crippen LogP contribution in [0.15, 0.2) is 36.4 Å². The van der Waals surface area contributed by atoms with Crippen molar-refractivity contribution in [3.8, 4) is 23.3 Å². The number of alkyl halides is 3. The van der Waals surface area contributed by atoms with Crippen LogP contribution in [0.25, 0.3) is 0 Å². The molecular weight excluding hydrogens is 573 g/mol. The van der Waals surface area contributed by atoms with E-state index in [-0.39, 0.29) is 24.0 Å². The van der Waals surface area contributed by atoms with Crippen LogP contribution in [0.5, 0.6) is 11.5 Å². The molecule has 2 aliphatic heterocycles. The molecule has 2 aromatic carbocycles. The molecule has 10 heteroatoms. The molecule has 2 fully saturated rings. The number of esters is 1. The maximum absolute atomic E-state index is 13.9. The maximum atomic E-state index is 13.9. The molecular formula is C34H37F3N2O5. The lowest BCUT2D eigenvalue weighted by Crippen LogP contribution is -2.79. The molecule has 1 spiro atoms. The van der Waals surface area contributed by atoms with Gasteiger partial charge in [-0.05, 0) is 81.1 Å². The molecule has 4 aliphatic rings. The standard InChI is InChI=1S/C34H37F3N2O5/c1-20(2)19-39(28(41)13-8-22-6-10-24(11-7-22)34(35,36)37)25-14-15-33(44-21(3)40)27-18-23-9-12-26(42-5)30-29(23)32(33,31(25)43-30)16-17-38(27)4/h6-7,9-12,20,25,27,31H,14-19H2,1-5H3/t25-,27+,31-,32-,33+/m0/s1. The molecule has 0 aromatic heterocycles. The summed E-state index contributed by atoms with van der Waals surface area (Å²) in [6, 6.07) is 8.01. The summed E-state index contributed by atoms with van der Waals surface area (Å²) in [7, 11) is 3.67. The van der Waals surface area contributed by atoms with Gasteiger partial charge in [0.15, 0.2) is 11.5 Å². The predicted octanol–water partition coefficient (Wildman–Crippen LogP) is 4.97. The van der Waals surface area contributed by atoms with E-state index in [4.69, 9.17) is 14.2 Å². The molecule has 5 atom stereocenters. The fourth-order valence-electron chi connectivity index (χ4n) is 8.33. The van der Waals surface area contributed by atoms with Gasteiger partial charge in [-0.25, -0.2) is 0 Å². The van der Waals surface area contributed by atoms with Crippen LogP contribution in [0.1, 0.15) is 62.3 Å². The summed E-state index contributed by atoms with van der Waals surface area (Å²) < 4.78 is 58.2. The van der Waals surface area contributed by atoms with E-state index in [9.17, 15) is 22.8 Å². The first-order valence-electron chi connectivity index (χ1n) is 15.1. The Labute approximate surface area is 255 Å². The number of likely N-dealkylation sites (tertiary alicyclic amines) is 1. The number of hydrogen-bond acceptors (Lipinski definition) is 6. The number of halogens is 3. The third-order valence-corrected chi connectivity index (χ3v) is 9.94. The van der Waals surface area contributed by atoms with Crippen molar-refractivity contribution >= 4 is 11.9 Å². The number of ether oxygens (including phenoxy) is 3. The van der Waals surface area contributed by atoms with Gasteiger partial charge in [0.2, 0.25) is 0 Å². The Balaban J connectivity index is 1.43. The monoisotopic (exact) mass is 610 g/mol. The number of methoxy groups -OCH3 is 1. The summed E-state index contributed by atoms with van der Waals surface area (Å²) in [6.45, 7) is 6.66. The van der Waals surface area contributed by atoms with Gasteiger partial charge < -0.3 is 19.1 Å². The van der Waals surface area contributed by atoms with Crippen molar-refractivity contribution in [1.82, 2.24) is 9.80 Å². The molecule has 6 rings (SSSR count). The van der Waals surface area contributed by atoms with Crippen molar-refractivity contribution < 1.29 is 37.0 Å². The van der Waals surface area contributed by atoms with Gasteiger partial charge in [-0.15, -0.1) is 0 Å². The third-order valence-electron chi connectivity index (χ3n) is 9.94. The maximum Gasteiger partial charge on any atom is 0.416 e. The predicted molar refractivity (Wildman–Crippen MR) is 156 cm³/mol. The van der Waals surface area contributed by atoms with E-state index < -0.39 is 34.8 Å². The molecule has 234 valence electrons. The molecule has 1 saturated heterocycles. The minimum atomic E-state index is -4.45. The van der Waals surface area contributed by atoms with Gasteiger partial charge in [-0.1, -0.05) is 25.8 Å². The quantitative estimate of drug-likeness (QED) is 0.352. The number of rotatable bonds is 5. The molecule has 1 amide bonds. The van der Waals surface area contributed by atoms with Gasteiger partial charge in [0, 0.05) is 30.5 Å². The first kappa shape index (κ1) is 30.3. The van der Waals surface area contributed by atoms with Crippen LogP contribution in [0.4, 0.5) is 13.2 Å². The van der Waals surface area contributed by atoms with Crippen LogP contribution < -0.4 is 9.47 Å². The van der Waals surface area contributed by atoms with E-state index in [1.807, 2.05) is 19.9 Å². The van der Waals surface area contributed by atoms with Crippen molar-refractivity contribution in [1.29, 1.82) is 0 Å². The minimum Gasteiger partial charge on any atom is -0.493 e. The highest BCUT2D eigenvalue weighted by atomic mass is 19.4. The Kier molecular flexibility index (Phi) is 7.39. The van der Waals surface area contributed by atoms with Crippen LogP contribution in [-0.2, 0) is 32.3 Å². The molecule has 0 N–H and O–H groups in total. The first-order valence-corrected chi connectivity index (χ1v) is 15.1. The molecule has 2 aliphatic carbocycles. The molecule has 2 heterocycles. The lowest BCUT2D eigenvalue weighted by atomic mass is 9.48. The average Bonchev–Trinajstić information content (AvgIpc) is 3.32. The zero-order valence-electron chi connectivity index (χ0n) is 25.6. The van der Waals surface area contributed by atoms with Crippen molar-refractivity contribution in [2.45, 2.75) is 81.8 Å². The zero-order chi connectivity index (χ0) is 31.6. The molecule has 2 bridgehead atoms. The highest BCUT2D eigenvalue weighted by Gasteiger charge is 2.75. The normalized spacial score (nSPS) is 28.3. The summed E-state index contributed by atoms with van der Waals surface area (Å²) in [5.74, 6) is 6.06. The van der Waals surface area contributed by atoms with E-state index >= 15 is 0 Å². The number of benzene rings is 2. The largest absolute Gasteiger partial charge is 0.493 e. The van der Waals surface area contributed by atoms with Crippen LogP contribution in [0, 0.1) is 17.8 Å². The zero-order valence-corrected chi connectivity index (χ0v) is 25.6. The van der Waals surface area contributed by atoms with E-state index in [0.717, 1.165) is 29.8 Å². The number of nitrogens with zero attached hydrogens (tertiary/aromatic N) is 2. The van der Waals surface area contributed by atoms with Gasteiger partial charge in [-0.2, -0.15) is 13.2 Å². The number of hydrogen-bond donors (Lipinski definition) is 0. The van der Waals surface area contributed by atoms with Gasteiger partial charge in [-0.3, -0.25) is 14.5 Å². The van der Waals surface area contributed by atoms with Gasteiger partial charge in [0.1, 0.15) is 11.7 Å².